The topological polar surface area (TPSA) is 97.7 Å². The molecule has 1 aromatic carbocycles. The number of aliphatic hydroxyl groups is 1. The Hall–Kier alpha value is -2.79. The van der Waals surface area contributed by atoms with Crippen LogP contribution in [0.25, 0.3) is 0 Å². The zero-order chi connectivity index (χ0) is 32.4. The standard InChI is InChI=1S/C33H36F4O6S/c1-5-6-28(41)43-33(29(42)44-16-26(39)20-8-7-18(34)12-24(20)35)17(2)11-21-22-14-25(36)23-13-19(38)9-10-30(23,3)32(22,37)27(40)15-31(21,33)4/h7-10,12-13,17,21-22,25,27,40H,5-6,11,14-16H2,1-4H3/t17-,21+,22+,25+,27+,30+,31+,32+,33+/m1/s1. The Labute approximate surface area is 257 Å². The molecular formula is C33H36F4O6S. The second-order valence-electron chi connectivity index (χ2n) is 13.1. The van der Waals surface area contributed by atoms with Crippen LogP contribution >= 0.6 is 11.8 Å². The number of ether oxygens (including phenoxy) is 1. The van der Waals surface area contributed by atoms with Crippen molar-refractivity contribution in [1.82, 2.24) is 0 Å². The summed E-state index contributed by atoms with van der Waals surface area (Å²) >= 11 is 0.521. The van der Waals surface area contributed by atoms with E-state index in [1.807, 2.05) is 0 Å². The molecule has 4 aliphatic carbocycles. The van der Waals surface area contributed by atoms with E-state index in [2.05, 4.69) is 0 Å². The van der Waals surface area contributed by atoms with Gasteiger partial charge in [0.25, 0.3) is 0 Å². The molecule has 4 aliphatic rings. The number of alkyl halides is 2. The molecule has 238 valence electrons. The molecule has 44 heavy (non-hydrogen) atoms. The van der Waals surface area contributed by atoms with Crippen LogP contribution in [0.5, 0.6) is 0 Å². The highest BCUT2D eigenvalue weighted by atomic mass is 32.2. The zero-order valence-electron chi connectivity index (χ0n) is 25.0. The number of rotatable bonds is 7. The number of esters is 1. The predicted octanol–water partition coefficient (Wildman–Crippen LogP) is 6.05. The summed E-state index contributed by atoms with van der Waals surface area (Å²) in [4.78, 5) is 52.3. The number of aliphatic hydroxyl groups excluding tert-OH is 1. The number of carbonyl (C=O) groups is 4. The third-order valence-electron chi connectivity index (χ3n) is 10.8. The molecule has 9 atom stereocenters. The van der Waals surface area contributed by atoms with Crippen molar-refractivity contribution in [3.63, 3.8) is 0 Å². The van der Waals surface area contributed by atoms with E-state index in [0.29, 0.717) is 24.2 Å². The predicted molar refractivity (Wildman–Crippen MR) is 155 cm³/mol. The van der Waals surface area contributed by atoms with Gasteiger partial charge >= 0.3 is 5.97 Å². The van der Waals surface area contributed by atoms with Crippen molar-refractivity contribution in [3.05, 3.63) is 59.2 Å². The first kappa shape index (κ1) is 32.6. The number of allylic oxidation sites excluding steroid dienone is 4. The summed E-state index contributed by atoms with van der Waals surface area (Å²) in [5.41, 5.74) is -7.74. The lowest BCUT2D eigenvalue weighted by Crippen LogP contribution is -2.70. The molecule has 0 heterocycles. The van der Waals surface area contributed by atoms with Crippen LogP contribution in [0.15, 0.2) is 42.0 Å². The molecule has 1 N–H and O–H groups in total. The van der Waals surface area contributed by atoms with E-state index in [9.17, 15) is 33.1 Å². The Balaban J connectivity index is 1.54. The third kappa shape index (κ3) is 4.55. The van der Waals surface area contributed by atoms with Gasteiger partial charge < -0.3 is 9.84 Å². The van der Waals surface area contributed by atoms with E-state index in [0.717, 1.165) is 18.2 Å². The van der Waals surface area contributed by atoms with Gasteiger partial charge in [0, 0.05) is 35.2 Å². The first-order valence-electron chi connectivity index (χ1n) is 14.9. The minimum atomic E-state index is -2.39. The van der Waals surface area contributed by atoms with Crippen molar-refractivity contribution in [1.29, 1.82) is 0 Å². The van der Waals surface area contributed by atoms with Crippen molar-refractivity contribution in [2.24, 2.45) is 28.6 Å². The molecule has 0 saturated heterocycles. The van der Waals surface area contributed by atoms with Crippen LogP contribution in [0, 0.1) is 40.2 Å². The molecule has 0 aliphatic heterocycles. The van der Waals surface area contributed by atoms with Crippen molar-refractivity contribution in [2.75, 3.05) is 5.75 Å². The van der Waals surface area contributed by atoms with E-state index in [4.69, 9.17) is 4.74 Å². The highest BCUT2D eigenvalue weighted by Crippen LogP contribution is 2.72. The fourth-order valence-electron chi connectivity index (χ4n) is 8.68. The van der Waals surface area contributed by atoms with E-state index in [1.165, 1.54) is 19.1 Å². The number of thioether (sulfide) groups is 1. The van der Waals surface area contributed by atoms with Gasteiger partial charge in [-0.3, -0.25) is 19.2 Å². The summed E-state index contributed by atoms with van der Waals surface area (Å²) in [7, 11) is 0. The van der Waals surface area contributed by atoms with Gasteiger partial charge in [-0.1, -0.05) is 38.6 Å². The van der Waals surface area contributed by atoms with E-state index >= 15 is 8.78 Å². The molecule has 3 saturated carbocycles. The summed E-state index contributed by atoms with van der Waals surface area (Å²) < 4.78 is 67.2. The van der Waals surface area contributed by atoms with Crippen molar-refractivity contribution >= 4 is 34.4 Å². The number of Topliss-reactive ketones (excluding diaryl/α,β-unsaturated/α-hetero) is 1. The number of hydrogen-bond acceptors (Lipinski definition) is 7. The summed E-state index contributed by atoms with van der Waals surface area (Å²) in [5.74, 6) is -6.97. The molecule has 0 aromatic heterocycles. The smallest absolute Gasteiger partial charge is 0.306 e. The normalized spacial score (nSPS) is 39.2. The minimum Gasteiger partial charge on any atom is -0.449 e. The lowest BCUT2D eigenvalue weighted by Gasteiger charge is -2.63. The van der Waals surface area contributed by atoms with E-state index < -0.39 is 97.7 Å². The number of benzene rings is 1. The summed E-state index contributed by atoms with van der Waals surface area (Å²) in [6.07, 6.45) is 0.0766. The Morgan fingerprint density at radius 2 is 1.84 bits per heavy atom. The second kappa shape index (κ2) is 11.2. The molecular weight excluding hydrogens is 600 g/mol. The average Bonchev–Trinajstić information content (AvgIpc) is 3.16. The molecule has 3 fully saturated rings. The van der Waals surface area contributed by atoms with Gasteiger partial charge in [-0.15, -0.1) is 0 Å². The lowest BCUT2D eigenvalue weighted by molar-refractivity contribution is -0.228. The Morgan fingerprint density at radius 1 is 1.14 bits per heavy atom. The minimum absolute atomic E-state index is 0.0243. The number of hydrogen-bond donors (Lipinski definition) is 1. The van der Waals surface area contributed by atoms with E-state index in [-0.39, 0.29) is 31.3 Å². The molecule has 1 aromatic rings. The Morgan fingerprint density at radius 3 is 2.50 bits per heavy atom. The molecule has 0 amide bonds. The van der Waals surface area contributed by atoms with E-state index in [1.54, 1.807) is 20.8 Å². The van der Waals surface area contributed by atoms with Crippen LogP contribution in [-0.4, -0.2) is 57.1 Å². The molecule has 0 spiro atoms. The molecule has 5 rings (SSSR count). The SMILES string of the molecule is CCCC(=O)O[C@]1(C(=O)SCC(=O)c2ccc(F)cc2F)[C@H](C)C[C@H]2[C@@H]3C[C@H](F)C4=CC(=O)C=C[C@]4(C)[C@@]3(F)[C@@H](O)C[C@@]21C. The van der Waals surface area contributed by atoms with Gasteiger partial charge in [0.2, 0.25) is 5.12 Å². The van der Waals surface area contributed by atoms with Gasteiger partial charge in [0.1, 0.15) is 17.8 Å². The number of carbonyl (C=O) groups excluding carboxylic acids is 4. The summed E-state index contributed by atoms with van der Waals surface area (Å²) in [6, 6.07) is 2.47. The molecule has 0 bridgehead atoms. The van der Waals surface area contributed by atoms with Crippen LogP contribution in [-0.2, 0) is 19.1 Å². The first-order chi connectivity index (χ1) is 20.6. The van der Waals surface area contributed by atoms with Crippen LogP contribution in [0.1, 0.15) is 70.2 Å². The molecule has 11 heteroatoms. The maximum absolute atomic E-state index is 17.6. The Kier molecular flexibility index (Phi) is 8.32. The number of ketones is 2. The van der Waals surface area contributed by atoms with Crippen LogP contribution < -0.4 is 0 Å². The van der Waals surface area contributed by atoms with Crippen molar-refractivity contribution in [2.45, 2.75) is 83.3 Å². The fraction of sp³-hybridized carbons (Fsp3) is 0.576. The molecule has 0 radical (unpaired) electrons. The number of halogens is 4. The van der Waals surface area contributed by atoms with Crippen LogP contribution in [0.2, 0.25) is 0 Å². The first-order valence-corrected chi connectivity index (χ1v) is 15.9. The second-order valence-corrected chi connectivity index (χ2v) is 14.0. The lowest BCUT2D eigenvalue weighted by atomic mass is 9.44. The quantitative estimate of drug-likeness (QED) is 0.221. The van der Waals surface area contributed by atoms with Crippen LogP contribution in [0.4, 0.5) is 17.6 Å². The summed E-state index contributed by atoms with van der Waals surface area (Å²) in [5, 5.41) is 10.9. The van der Waals surface area contributed by atoms with Gasteiger partial charge in [-0.05, 0) is 68.4 Å². The van der Waals surface area contributed by atoms with Gasteiger partial charge in [0.15, 0.2) is 22.8 Å². The Bertz CT molecular complexity index is 1480. The monoisotopic (exact) mass is 636 g/mol. The summed E-state index contributed by atoms with van der Waals surface area (Å²) in [6.45, 7) is 6.55. The maximum Gasteiger partial charge on any atom is 0.306 e. The van der Waals surface area contributed by atoms with Gasteiger partial charge in [-0.2, -0.15) is 0 Å². The highest BCUT2D eigenvalue weighted by Gasteiger charge is 2.78. The van der Waals surface area contributed by atoms with Crippen molar-refractivity contribution < 1.29 is 46.6 Å². The molecule has 0 unspecified atom stereocenters. The largest absolute Gasteiger partial charge is 0.449 e. The maximum atomic E-state index is 17.6. The number of fused-ring (bicyclic) bond motifs is 5. The molecule has 6 nitrogen and oxygen atoms in total. The van der Waals surface area contributed by atoms with Gasteiger partial charge in [0.05, 0.1) is 17.4 Å². The third-order valence-corrected chi connectivity index (χ3v) is 11.7. The average molecular weight is 637 g/mol. The highest BCUT2D eigenvalue weighted by molar-refractivity contribution is 8.14. The van der Waals surface area contributed by atoms with Gasteiger partial charge in [-0.25, -0.2) is 17.6 Å². The fourth-order valence-corrected chi connectivity index (χ4v) is 9.79. The zero-order valence-corrected chi connectivity index (χ0v) is 25.8. The van der Waals surface area contributed by atoms with Crippen LogP contribution in [0.3, 0.4) is 0 Å². The van der Waals surface area contributed by atoms with Crippen molar-refractivity contribution in [3.8, 4) is 0 Å².